The SMILES string of the molecule is CN1C[C@]2(CC[C@@H](C(=O)NC(c3c(F)ccc(Cl)c3Cl)C3(C)CCCC3)C2)NC1=O. The van der Waals surface area contributed by atoms with Gasteiger partial charge in [-0.25, -0.2) is 9.18 Å². The largest absolute Gasteiger partial charge is 0.348 e. The molecule has 164 valence electrons. The lowest BCUT2D eigenvalue weighted by molar-refractivity contribution is -0.126. The Kier molecular flexibility index (Phi) is 5.69. The van der Waals surface area contributed by atoms with Crippen molar-refractivity contribution in [3.63, 3.8) is 0 Å². The maximum Gasteiger partial charge on any atom is 0.317 e. The van der Waals surface area contributed by atoms with Crippen molar-refractivity contribution in [2.45, 2.75) is 63.5 Å². The van der Waals surface area contributed by atoms with E-state index in [2.05, 4.69) is 17.6 Å². The molecule has 1 spiro atoms. The van der Waals surface area contributed by atoms with Gasteiger partial charge in [0.25, 0.3) is 0 Å². The number of nitrogens with zero attached hydrogens (tertiary/aromatic N) is 1. The third kappa shape index (κ3) is 3.77. The van der Waals surface area contributed by atoms with E-state index in [9.17, 15) is 14.0 Å². The van der Waals surface area contributed by atoms with Crippen LogP contribution in [0.15, 0.2) is 12.1 Å². The molecule has 1 heterocycles. The summed E-state index contributed by atoms with van der Waals surface area (Å²) in [6.45, 7) is 2.69. The summed E-state index contributed by atoms with van der Waals surface area (Å²) in [6.07, 6.45) is 5.88. The first kappa shape index (κ1) is 21.7. The van der Waals surface area contributed by atoms with Crippen LogP contribution < -0.4 is 10.6 Å². The summed E-state index contributed by atoms with van der Waals surface area (Å²) in [4.78, 5) is 26.9. The standard InChI is InChI=1S/C22H28Cl2FN3O2/c1-21(8-3-4-9-21)18(16-15(25)6-5-14(23)17(16)24)26-19(29)13-7-10-22(11-13)12-28(2)20(30)27-22/h5-6,13,18H,3-4,7-12H2,1-2H3,(H,26,29)(H,27,30)/t13-,18?,22-/m1/s1. The number of hydrogen-bond acceptors (Lipinski definition) is 2. The summed E-state index contributed by atoms with van der Waals surface area (Å²) in [5, 5.41) is 6.64. The van der Waals surface area contributed by atoms with Crippen molar-refractivity contribution in [3.8, 4) is 0 Å². The molecule has 3 atom stereocenters. The van der Waals surface area contributed by atoms with Crippen molar-refractivity contribution >= 4 is 35.1 Å². The molecule has 3 aliphatic rings. The monoisotopic (exact) mass is 455 g/mol. The Morgan fingerprint density at radius 2 is 2.00 bits per heavy atom. The Morgan fingerprint density at radius 3 is 2.63 bits per heavy atom. The number of rotatable bonds is 4. The van der Waals surface area contributed by atoms with E-state index in [4.69, 9.17) is 23.2 Å². The third-order valence-electron chi connectivity index (χ3n) is 7.34. The van der Waals surface area contributed by atoms with Crippen LogP contribution in [0.1, 0.15) is 63.5 Å². The normalized spacial score (nSPS) is 28.8. The number of nitrogens with one attached hydrogen (secondary N) is 2. The van der Waals surface area contributed by atoms with Gasteiger partial charge in [0, 0.05) is 25.1 Å². The molecule has 1 aromatic carbocycles. The minimum Gasteiger partial charge on any atom is -0.348 e. The van der Waals surface area contributed by atoms with E-state index < -0.39 is 11.9 Å². The van der Waals surface area contributed by atoms with Crippen LogP contribution >= 0.6 is 23.2 Å². The molecule has 2 saturated carbocycles. The topological polar surface area (TPSA) is 61.4 Å². The average Bonchev–Trinajstić information content (AvgIpc) is 3.38. The first-order valence-corrected chi connectivity index (χ1v) is 11.4. The van der Waals surface area contributed by atoms with Crippen LogP contribution in [0.25, 0.3) is 0 Å². The number of amides is 3. The van der Waals surface area contributed by atoms with Crippen molar-refractivity contribution in [2.24, 2.45) is 11.3 Å². The van der Waals surface area contributed by atoms with Gasteiger partial charge in [0.1, 0.15) is 5.82 Å². The highest BCUT2D eigenvalue weighted by Crippen LogP contribution is 2.50. The van der Waals surface area contributed by atoms with Gasteiger partial charge in [-0.15, -0.1) is 0 Å². The molecule has 30 heavy (non-hydrogen) atoms. The van der Waals surface area contributed by atoms with Crippen molar-refractivity contribution in [3.05, 3.63) is 33.6 Å². The Morgan fingerprint density at radius 1 is 1.30 bits per heavy atom. The molecule has 1 unspecified atom stereocenters. The summed E-state index contributed by atoms with van der Waals surface area (Å²) in [7, 11) is 1.76. The molecule has 1 saturated heterocycles. The Balaban J connectivity index is 1.58. The fraction of sp³-hybridized carbons (Fsp3) is 0.636. The lowest BCUT2D eigenvalue weighted by Crippen LogP contribution is -2.44. The maximum absolute atomic E-state index is 14.9. The molecule has 2 aliphatic carbocycles. The molecule has 5 nitrogen and oxygen atoms in total. The lowest BCUT2D eigenvalue weighted by Gasteiger charge is -2.36. The highest BCUT2D eigenvalue weighted by Gasteiger charge is 2.49. The van der Waals surface area contributed by atoms with Crippen LogP contribution in [0.5, 0.6) is 0 Å². The van der Waals surface area contributed by atoms with Crippen molar-refractivity contribution < 1.29 is 14.0 Å². The van der Waals surface area contributed by atoms with Gasteiger partial charge < -0.3 is 15.5 Å². The summed E-state index contributed by atoms with van der Waals surface area (Å²) in [5.41, 5.74) is -0.355. The first-order valence-electron chi connectivity index (χ1n) is 10.6. The molecule has 3 amide bonds. The summed E-state index contributed by atoms with van der Waals surface area (Å²) >= 11 is 12.6. The van der Waals surface area contributed by atoms with Crippen LogP contribution in [0, 0.1) is 17.2 Å². The first-order chi connectivity index (χ1) is 14.1. The zero-order valence-corrected chi connectivity index (χ0v) is 18.9. The van der Waals surface area contributed by atoms with Crippen LogP contribution in [-0.2, 0) is 4.79 Å². The number of benzene rings is 1. The number of halogens is 3. The third-order valence-corrected chi connectivity index (χ3v) is 8.15. The van der Waals surface area contributed by atoms with E-state index in [1.165, 1.54) is 12.1 Å². The predicted octanol–water partition coefficient (Wildman–Crippen LogP) is 5.06. The minimum absolute atomic E-state index is 0.0971. The smallest absolute Gasteiger partial charge is 0.317 e. The molecule has 0 aromatic heterocycles. The van der Waals surface area contributed by atoms with Crippen LogP contribution in [0.2, 0.25) is 10.0 Å². The van der Waals surface area contributed by atoms with E-state index in [-0.39, 0.29) is 44.4 Å². The lowest BCUT2D eigenvalue weighted by atomic mass is 9.76. The molecular formula is C22H28Cl2FN3O2. The average molecular weight is 456 g/mol. The molecule has 4 rings (SSSR count). The van der Waals surface area contributed by atoms with E-state index in [1.54, 1.807) is 11.9 Å². The van der Waals surface area contributed by atoms with Gasteiger partial charge in [0.05, 0.1) is 21.6 Å². The Hall–Kier alpha value is -1.53. The second-order valence-electron chi connectivity index (χ2n) is 9.57. The van der Waals surface area contributed by atoms with Crippen molar-refractivity contribution in [2.75, 3.05) is 13.6 Å². The fourth-order valence-electron chi connectivity index (χ4n) is 5.63. The van der Waals surface area contributed by atoms with Crippen molar-refractivity contribution in [1.29, 1.82) is 0 Å². The minimum atomic E-state index is -0.545. The summed E-state index contributed by atoms with van der Waals surface area (Å²) < 4.78 is 14.9. The molecule has 1 aliphatic heterocycles. The van der Waals surface area contributed by atoms with Gasteiger partial charge in [-0.05, 0) is 49.7 Å². The zero-order chi connectivity index (χ0) is 21.7. The second-order valence-corrected chi connectivity index (χ2v) is 10.4. The molecule has 3 fully saturated rings. The number of carbonyl (C=O) groups excluding carboxylic acids is 2. The van der Waals surface area contributed by atoms with Gasteiger partial charge in [-0.1, -0.05) is 43.0 Å². The van der Waals surface area contributed by atoms with E-state index in [1.807, 2.05) is 0 Å². The molecule has 1 aromatic rings. The zero-order valence-electron chi connectivity index (χ0n) is 17.4. The second kappa shape index (κ2) is 7.86. The number of likely N-dealkylation sites (N-methyl/N-ethyl adjacent to an activating group) is 1. The van der Waals surface area contributed by atoms with Gasteiger partial charge >= 0.3 is 6.03 Å². The maximum atomic E-state index is 14.9. The fourth-order valence-corrected chi connectivity index (χ4v) is 6.06. The van der Waals surface area contributed by atoms with E-state index in [0.717, 1.165) is 32.1 Å². The van der Waals surface area contributed by atoms with Gasteiger partial charge in [0.15, 0.2) is 0 Å². The Bertz CT molecular complexity index is 874. The predicted molar refractivity (Wildman–Crippen MR) is 115 cm³/mol. The van der Waals surface area contributed by atoms with E-state index in [0.29, 0.717) is 19.4 Å². The van der Waals surface area contributed by atoms with Crippen LogP contribution in [0.4, 0.5) is 9.18 Å². The molecule has 8 heteroatoms. The van der Waals surface area contributed by atoms with Gasteiger partial charge in [-0.2, -0.15) is 0 Å². The number of urea groups is 1. The van der Waals surface area contributed by atoms with Gasteiger partial charge in [-0.3, -0.25) is 4.79 Å². The summed E-state index contributed by atoms with van der Waals surface area (Å²) in [5.74, 6) is -0.787. The summed E-state index contributed by atoms with van der Waals surface area (Å²) in [6, 6.07) is 2.12. The molecular weight excluding hydrogens is 428 g/mol. The van der Waals surface area contributed by atoms with Crippen molar-refractivity contribution in [1.82, 2.24) is 15.5 Å². The van der Waals surface area contributed by atoms with Crippen LogP contribution in [0.3, 0.4) is 0 Å². The highest BCUT2D eigenvalue weighted by molar-refractivity contribution is 6.42. The number of hydrogen-bond donors (Lipinski definition) is 2. The Labute approximate surface area is 186 Å². The van der Waals surface area contributed by atoms with Gasteiger partial charge in [0.2, 0.25) is 5.91 Å². The quantitative estimate of drug-likeness (QED) is 0.622. The molecule has 0 bridgehead atoms. The van der Waals surface area contributed by atoms with E-state index >= 15 is 0 Å². The number of carbonyl (C=O) groups is 2. The molecule has 2 N–H and O–H groups in total. The van der Waals surface area contributed by atoms with Crippen LogP contribution in [-0.4, -0.2) is 36.0 Å². The molecule has 0 radical (unpaired) electrons. The highest BCUT2D eigenvalue weighted by atomic mass is 35.5.